The van der Waals surface area contributed by atoms with Crippen LogP contribution in [0.3, 0.4) is 0 Å². The minimum Gasteiger partial charge on any atom is -0.315 e. The molecule has 9 heavy (non-hydrogen) atoms. The van der Waals surface area contributed by atoms with E-state index in [2.05, 4.69) is 24.2 Å². The summed E-state index contributed by atoms with van der Waals surface area (Å²) in [6, 6.07) is 0.541. The highest BCUT2D eigenvalue weighted by Gasteiger charge is 2.17. The predicted molar refractivity (Wildman–Crippen MR) is 38.1 cm³/mol. The molecule has 0 spiro atoms. The predicted octanol–water partition coefficient (Wildman–Crippen LogP) is -0.805. The Morgan fingerprint density at radius 3 is 2.67 bits per heavy atom. The molecule has 0 aliphatic carbocycles. The number of piperazine rings is 1. The first kappa shape index (κ1) is 6.99. The standard InChI is InChI=1S/C6H15N3/c1-5-3-9(2)4-6(7)8-5/h5-6,8H,3-4,7H2,1-2H3. The quantitative estimate of drug-likeness (QED) is 0.449. The zero-order valence-corrected chi connectivity index (χ0v) is 6.09. The average molecular weight is 129 g/mol. The molecule has 1 aliphatic rings. The molecule has 0 aromatic heterocycles. The van der Waals surface area contributed by atoms with Crippen molar-refractivity contribution in [3.05, 3.63) is 0 Å². The van der Waals surface area contributed by atoms with E-state index in [0.29, 0.717) is 6.04 Å². The Morgan fingerprint density at radius 1 is 1.56 bits per heavy atom. The summed E-state index contributed by atoms with van der Waals surface area (Å²) in [4.78, 5) is 2.24. The summed E-state index contributed by atoms with van der Waals surface area (Å²) in [5.74, 6) is 0. The third kappa shape index (κ3) is 1.93. The number of hydrogen-bond acceptors (Lipinski definition) is 3. The molecule has 0 radical (unpaired) electrons. The van der Waals surface area contributed by atoms with Crippen LogP contribution in [0, 0.1) is 0 Å². The fourth-order valence-electron chi connectivity index (χ4n) is 1.35. The highest BCUT2D eigenvalue weighted by atomic mass is 15.2. The van der Waals surface area contributed by atoms with Crippen molar-refractivity contribution in [3.8, 4) is 0 Å². The molecular weight excluding hydrogens is 114 g/mol. The molecule has 0 amide bonds. The second kappa shape index (κ2) is 2.64. The fraction of sp³-hybridized carbons (Fsp3) is 1.00. The van der Waals surface area contributed by atoms with Crippen LogP contribution >= 0.6 is 0 Å². The molecule has 1 fully saturated rings. The van der Waals surface area contributed by atoms with Crippen LogP contribution in [0.15, 0.2) is 0 Å². The van der Waals surface area contributed by atoms with E-state index in [1.165, 1.54) is 0 Å². The lowest BCUT2D eigenvalue weighted by molar-refractivity contribution is 0.202. The summed E-state index contributed by atoms with van der Waals surface area (Å²) < 4.78 is 0. The van der Waals surface area contributed by atoms with E-state index in [0.717, 1.165) is 13.1 Å². The van der Waals surface area contributed by atoms with Gasteiger partial charge in [0, 0.05) is 19.1 Å². The number of likely N-dealkylation sites (N-methyl/N-ethyl adjacent to an activating group) is 1. The van der Waals surface area contributed by atoms with Gasteiger partial charge in [-0.05, 0) is 14.0 Å². The Hall–Kier alpha value is -0.120. The summed E-state index contributed by atoms with van der Waals surface area (Å²) in [5.41, 5.74) is 5.66. The van der Waals surface area contributed by atoms with E-state index in [1.54, 1.807) is 0 Å². The molecule has 1 rings (SSSR count). The van der Waals surface area contributed by atoms with Crippen molar-refractivity contribution in [1.29, 1.82) is 0 Å². The van der Waals surface area contributed by atoms with Gasteiger partial charge in [0.1, 0.15) is 0 Å². The van der Waals surface area contributed by atoms with Crippen LogP contribution in [-0.2, 0) is 0 Å². The summed E-state index contributed by atoms with van der Waals surface area (Å²) >= 11 is 0. The van der Waals surface area contributed by atoms with Gasteiger partial charge in [0.15, 0.2) is 0 Å². The molecule has 3 heteroatoms. The second-order valence-electron chi connectivity index (χ2n) is 2.90. The van der Waals surface area contributed by atoms with Gasteiger partial charge in [-0.2, -0.15) is 0 Å². The van der Waals surface area contributed by atoms with E-state index in [1.807, 2.05) is 0 Å². The van der Waals surface area contributed by atoms with E-state index < -0.39 is 0 Å². The molecule has 3 N–H and O–H groups in total. The molecule has 0 aromatic rings. The molecule has 54 valence electrons. The first-order valence-electron chi connectivity index (χ1n) is 3.38. The summed E-state index contributed by atoms with van der Waals surface area (Å²) in [6.07, 6.45) is 0.166. The molecule has 2 atom stereocenters. The number of rotatable bonds is 0. The molecule has 0 aromatic carbocycles. The van der Waals surface area contributed by atoms with Crippen molar-refractivity contribution in [2.75, 3.05) is 20.1 Å². The van der Waals surface area contributed by atoms with E-state index in [4.69, 9.17) is 5.73 Å². The number of nitrogens with two attached hydrogens (primary N) is 1. The van der Waals surface area contributed by atoms with E-state index in [-0.39, 0.29) is 6.17 Å². The molecule has 1 heterocycles. The van der Waals surface area contributed by atoms with E-state index >= 15 is 0 Å². The number of nitrogens with zero attached hydrogens (tertiary/aromatic N) is 1. The smallest absolute Gasteiger partial charge is 0.0680 e. The van der Waals surface area contributed by atoms with Gasteiger partial charge in [0.05, 0.1) is 6.17 Å². The SMILES string of the molecule is CC1CN(C)CC(N)N1. The van der Waals surface area contributed by atoms with E-state index in [9.17, 15) is 0 Å². The van der Waals surface area contributed by atoms with Crippen molar-refractivity contribution >= 4 is 0 Å². The fourth-order valence-corrected chi connectivity index (χ4v) is 1.35. The molecule has 0 bridgehead atoms. The summed E-state index contributed by atoms with van der Waals surface area (Å²) in [5, 5.41) is 3.25. The third-order valence-electron chi connectivity index (χ3n) is 1.59. The zero-order valence-electron chi connectivity index (χ0n) is 6.09. The van der Waals surface area contributed by atoms with Crippen LogP contribution in [0.1, 0.15) is 6.92 Å². The Kier molecular flexibility index (Phi) is 2.05. The zero-order chi connectivity index (χ0) is 6.85. The van der Waals surface area contributed by atoms with Crippen molar-refractivity contribution in [3.63, 3.8) is 0 Å². The van der Waals surface area contributed by atoms with Crippen LogP contribution in [-0.4, -0.2) is 37.2 Å². The van der Waals surface area contributed by atoms with Gasteiger partial charge >= 0.3 is 0 Å². The van der Waals surface area contributed by atoms with Gasteiger partial charge in [0.25, 0.3) is 0 Å². The topological polar surface area (TPSA) is 41.3 Å². The Morgan fingerprint density at radius 2 is 2.22 bits per heavy atom. The van der Waals surface area contributed by atoms with Crippen molar-refractivity contribution < 1.29 is 0 Å². The summed E-state index contributed by atoms with van der Waals surface area (Å²) in [6.45, 7) is 4.22. The first-order chi connectivity index (χ1) is 4.18. The Labute approximate surface area is 56.2 Å². The lowest BCUT2D eigenvalue weighted by atomic mass is 10.2. The Balaban J connectivity index is 2.34. The maximum atomic E-state index is 5.66. The normalized spacial score (nSPS) is 39.0. The van der Waals surface area contributed by atoms with Crippen LogP contribution in [0.25, 0.3) is 0 Å². The second-order valence-corrected chi connectivity index (χ2v) is 2.90. The molecule has 0 saturated carbocycles. The number of hydrogen-bond donors (Lipinski definition) is 2. The molecule has 3 nitrogen and oxygen atoms in total. The summed E-state index contributed by atoms with van der Waals surface area (Å²) in [7, 11) is 2.09. The van der Waals surface area contributed by atoms with Gasteiger partial charge in [0.2, 0.25) is 0 Å². The maximum Gasteiger partial charge on any atom is 0.0680 e. The van der Waals surface area contributed by atoms with Crippen LogP contribution in [0.5, 0.6) is 0 Å². The molecule has 2 unspecified atom stereocenters. The van der Waals surface area contributed by atoms with Gasteiger partial charge in [-0.3, -0.25) is 5.32 Å². The maximum absolute atomic E-state index is 5.66. The van der Waals surface area contributed by atoms with Crippen molar-refractivity contribution in [2.45, 2.75) is 19.1 Å². The van der Waals surface area contributed by atoms with Gasteiger partial charge < -0.3 is 10.6 Å². The van der Waals surface area contributed by atoms with Gasteiger partial charge in [-0.1, -0.05) is 0 Å². The lowest BCUT2D eigenvalue weighted by Gasteiger charge is -2.33. The minimum absolute atomic E-state index is 0.166. The molecule has 1 aliphatic heterocycles. The Bertz CT molecular complexity index is 69.3. The molecular formula is C6H15N3. The van der Waals surface area contributed by atoms with Crippen molar-refractivity contribution in [1.82, 2.24) is 10.2 Å². The first-order valence-corrected chi connectivity index (χ1v) is 3.38. The average Bonchev–Trinajstić information content (AvgIpc) is 1.59. The van der Waals surface area contributed by atoms with Crippen LogP contribution in [0.4, 0.5) is 0 Å². The number of nitrogens with one attached hydrogen (secondary N) is 1. The highest BCUT2D eigenvalue weighted by molar-refractivity contribution is 4.77. The van der Waals surface area contributed by atoms with Crippen LogP contribution in [0.2, 0.25) is 0 Å². The lowest BCUT2D eigenvalue weighted by Crippen LogP contribution is -2.57. The highest BCUT2D eigenvalue weighted by Crippen LogP contribution is 1.96. The van der Waals surface area contributed by atoms with Crippen molar-refractivity contribution in [2.24, 2.45) is 5.73 Å². The molecule has 1 saturated heterocycles. The van der Waals surface area contributed by atoms with Gasteiger partial charge in [-0.15, -0.1) is 0 Å². The van der Waals surface area contributed by atoms with Crippen LogP contribution < -0.4 is 11.1 Å². The monoisotopic (exact) mass is 129 g/mol. The third-order valence-corrected chi connectivity index (χ3v) is 1.59. The largest absolute Gasteiger partial charge is 0.315 e. The minimum atomic E-state index is 0.166. The van der Waals surface area contributed by atoms with Gasteiger partial charge in [-0.25, -0.2) is 0 Å².